The van der Waals surface area contributed by atoms with Crippen LogP contribution in [0, 0.1) is 0 Å². The van der Waals surface area contributed by atoms with Crippen LogP contribution in [0.4, 0.5) is 18.9 Å². The molecule has 0 radical (unpaired) electrons. The van der Waals surface area contributed by atoms with Crippen LogP contribution in [-0.4, -0.2) is 16.3 Å². The van der Waals surface area contributed by atoms with Gasteiger partial charge in [-0.3, -0.25) is 4.79 Å². The zero-order chi connectivity index (χ0) is 14.0. The minimum atomic E-state index is -4.87. The maximum Gasteiger partial charge on any atom is 0.454 e. The molecule has 2 rings (SSSR count). The highest BCUT2D eigenvalue weighted by molar-refractivity contribution is 7.66. The van der Waals surface area contributed by atoms with Crippen molar-refractivity contribution in [1.82, 2.24) is 4.37 Å². The van der Waals surface area contributed by atoms with Crippen molar-refractivity contribution in [3.8, 4) is 0 Å². The van der Waals surface area contributed by atoms with Crippen molar-refractivity contribution in [1.29, 1.82) is 0 Å². The van der Waals surface area contributed by atoms with Crippen LogP contribution in [0.15, 0.2) is 29.3 Å². The Balaban J connectivity index is 2.30. The fraction of sp³-hybridized carbons (Fsp3) is 0.100. The molecule has 0 aliphatic rings. The molecule has 19 heavy (non-hydrogen) atoms. The summed E-state index contributed by atoms with van der Waals surface area (Å²) in [6.07, 6.45) is -4.87. The quantitative estimate of drug-likeness (QED) is 0.622. The molecule has 100 valence electrons. The predicted octanol–water partition coefficient (Wildman–Crippen LogP) is 3.84. The third-order valence-corrected chi connectivity index (χ3v) is 4.20. The fourth-order valence-corrected chi connectivity index (χ4v) is 3.19. The molecule has 0 unspecified atom stereocenters. The van der Waals surface area contributed by atoms with Crippen LogP contribution in [0.3, 0.4) is 0 Å². The van der Waals surface area contributed by atoms with E-state index >= 15 is 0 Å². The smallest absolute Gasteiger partial charge is 0.284 e. The second-order valence-electron chi connectivity index (χ2n) is 3.33. The molecule has 9 heteroatoms. The van der Waals surface area contributed by atoms with E-state index < -0.39 is 17.5 Å². The average Bonchev–Trinajstić information content (AvgIpc) is 2.74. The number of rotatable bonds is 2. The van der Waals surface area contributed by atoms with Gasteiger partial charge in [0.15, 0.2) is 9.82 Å². The average molecular weight is 325 g/mol. The van der Waals surface area contributed by atoms with Crippen LogP contribution in [0.5, 0.6) is 0 Å². The van der Waals surface area contributed by atoms with Crippen molar-refractivity contribution >= 4 is 43.9 Å². The highest BCUT2D eigenvalue weighted by Gasteiger charge is 2.39. The molecule has 0 amide bonds. The number of halogens is 4. The molecule has 3 nitrogen and oxygen atoms in total. The van der Waals surface area contributed by atoms with E-state index in [9.17, 15) is 18.0 Å². The lowest BCUT2D eigenvalue weighted by molar-refractivity contribution is -0.0885. The first kappa shape index (κ1) is 14.2. The van der Waals surface area contributed by atoms with E-state index in [4.69, 9.17) is 11.6 Å². The number of carbonyl (C=O) groups is 1. The van der Waals surface area contributed by atoms with Gasteiger partial charge in [0.2, 0.25) is 0 Å². The summed E-state index contributed by atoms with van der Waals surface area (Å²) in [5, 5.41) is 0.241. The van der Waals surface area contributed by atoms with Crippen molar-refractivity contribution in [3.63, 3.8) is 0 Å². The van der Waals surface area contributed by atoms with Crippen LogP contribution >= 0.6 is 32.5 Å². The number of ketones is 1. The highest BCUT2D eigenvalue weighted by Crippen LogP contribution is 2.23. The van der Waals surface area contributed by atoms with E-state index in [1.807, 2.05) is 0 Å². The molecule has 0 saturated heterocycles. The Morgan fingerprint density at radius 3 is 2.37 bits per heavy atom. The molecule has 0 spiro atoms. The molecule has 0 bridgehead atoms. The molecule has 2 aromatic rings. The molecular formula is C10H4ClF3N2OS2. The van der Waals surface area contributed by atoms with E-state index in [0.717, 1.165) is 22.7 Å². The molecule has 0 atom stereocenters. The van der Waals surface area contributed by atoms with Gasteiger partial charge < -0.3 is 0 Å². The van der Waals surface area contributed by atoms with E-state index in [1.165, 1.54) is 22.5 Å². The Morgan fingerprint density at radius 2 is 1.89 bits per heavy atom. The maximum atomic E-state index is 12.2. The summed E-state index contributed by atoms with van der Waals surface area (Å²) in [4.78, 5) is 15.1. The Morgan fingerprint density at radius 1 is 1.26 bits per heavy atom. The van der Waals surface area contributed by atoms with Gasteiger partial charge >= 0.3 is 6.18 Å². The van der Waals surface area contributed by atoms with Crippen molar-refractivity contribution in [2.75, 3.05) is 0 Å². The van der Waals surface area contributed by atoms with Gasteiger partial charge in [0.1, 0.15) is 0 Å². The molecule has 0 aliphatic heterocycles. The normalized spacial score (nSPS) is 12.7. The first-order chi connectivity index (χ1) is 8.88. The lowest BCUT2D eigenvalue weighted by Crippen LogP contribution is -2.22. The minimum absolute atomic E-state index is 0.241. The third-order valence-electron chi connectivity index (χ3n) is 2.03. The molecule has 0 fully saturated rings. The number of benzene rings is 1. The summed E-state index contributed by atoms with van der Waals surface area (Å²) in [5.41, 5.74) is -0.0262. The van der Waals surface area contributed by atoms with Crippen LogP contribution in [0.25, 0.3) is 0 Å². The standard InChI is InChI=1S/C10H4ClF3N2OS2/c11-8-9(18-19-16-8)15-6-3-1-5(2-4-6)7(17)10(12,13)14/h1-4H. The number of hydrogen-bond donors (Lipinski definition) is 0. The van der Waals surface area contributed by atoms with Crippen molar-refractivity contribution < 1.29 is 18.0 Å². The fourth-order valence-electron chi connectivity index (χ4n) is 1.19. The van der Waals surface area contributed by atoms with E-state index in [0.29, 0.717) is 10.4 Å². The number of nitrogens with zero attached hydrogens (tertiary/aromatic N) is 2. The van der Waals surface area contributed by atoms with Crippen LogP contribution < -0.4 is 4.67 Å². The Labute approximate surface area is 117 Å². The highest BCUT2D eigenvalue weighted by atomic mass is 35.5. The Kier molecular flexibility index (Phi) is 4.02. The van der Waals surface area contributed by atoms with Gasteiger partial charge in [-0.2, -0.15) is 17.5 Å². The number of alkyl halides is 3. The van der Waals surface area contributed by atoms with Crippen molar-refractivity contribution in [2.45, 2.75) is 6.18 Å². The number of hydrogen-bond acceptors (Lipinski definition) is 5. The predicted molar refractivity (Wildman–Crippen MR) is 67.1 cm³/mol. The summed E-state index contributed by atoms with van der Waals surface area (Å²) >= 11 is 5.74. The van der Waals surface area contributed by atoms with Gasteiger partial charge in [0.25, 0.3) is 5.78 Å². The maximum absolute atomic E-state index is 12.2. The zero-order valence-corrected chi connectivity index (χ0v) is 11.3. The molecule has 0 N–H and O–H groups in total. The molecule has 1 heterocycles. The zero-order valence-electron chi connectivity index (χ0n) is 8.94. The second kappa shape index (κ2) is 5.40. The van der Waals surface area contributed by atoms with Gasteiger partial charge in [0.05, 0.1) is 5.69 Å². The molecule has 0 saturated carbocycles. The molecular weight excluding hydrogens is 321 g/mol. The van der Waals surface area contributed by atoms with E-state index in [1.54, 1.807) is 0 Å². The summed E-state index contributed by atoms with van der Waals surface area (Å²) in [6, 6.07) is 4.79. The number of aromatic nitrogens is 1. The summed E-state index contributed by atoms with van der Waals surface area (Å²) in [7, 11) is 2.40. The molecule has 1 aromatic heterocycles. The topological polar surface area (TPSA) is 42.3 Å². The summed E-state index contributed by atoms with van der Waals surface area (Å²) in [5.74, 6) is -1.88. The number of Topliss-reactive ketones (excluding diaryl/α,β-unsaturated/α-hetero) is 1. The monoisotopic (exact) mass is 324 g/mol. The van der Waals surface area contributed by atoms with Crippen molar-refractivity contribution in [3.05, 3.63) is 39.7 Å². The van der Waals surface area contributed by atoms with Crippen molar-refractivity contribution in [2.24, 2.45) is 4.99 Å². The molecule has 1 aromatic carbocycles. The Bertz CT molecular complexity index is 660. The van der Waals surface area contributed by atoms with Gasteiger partial charge in [-0.05, 0) is 34.6 Å². The lowest BCUT2D eigenvalue weighted by atomic mass is 10.1. The largest absolute Gasteiger partial charge is 0.454 e. The first-order valence-electron chi connectivity index (χ1n) is 4.76. The number of carbonyl (C=O) groups excluding carboxylic acids is 1. The molecule has 0 aliphatic carbocycles. The van der Waals surface area contributed by atoms with Gasteiger partial charge in [0, 0.05) is 16.1 Å². The van der Waals surface area contributed by atoms with Crippen LogP contribution in [0.1, 0.15) is 10.4 Å². The second-order valence-corrected chi connectivity index (χ2v) is 5.52. The first-order valence-corrected chi connectivity index (χ1v) is 7.24. The van der Waals surface area contributed by atoms with E-state index in [-0.39, 0.29) is 5.15 Å². The summed E-state index contributed by atoms with van der Waals surface area (Å²) in [6.45, 7) is 0. The lowest BCUT2D eigenvalue weighted by Gasteiger charge is -2.04. The van der Waals surface area contributed by atoms with Gasteiger partial charge in [-0.25, -0.2) is 4.99 Å². The minimum Gasteiger partial charge on any atom is -0.284 e. The van der Waals surface area contributed by atoms with Gasteiger partial charge in [-0.15, -0.1) is 0 Å². The Hall–Kier alpha value is -1.25. The van der Waals surface area contributed by atoms with Crippen LogP contribution in [0.2, 0.25) is 5.15 Å². The summed E-state index contributed by atoms with van der Waals surface area (Å²) < 4.78 is 40.9. The van der Waals surface area contributed by atoms with Gasteiger partial charge in [-0.1, -0.05) is 11.6 Å². The SMILES string of the molecule is O=C(c1ccc(N=c2ssnc2Cl)cc1)C(F)(F)F. The third kappa shape index (κ3) is 3.40. The van der Waals surface area contributed by atoms with E-state index in [2.05, 4.69) is 9.37 Å². The van der Waals surface area contributed by atoms with Crippen LogP contribution in [-0.2, 0) is 0 Å².